The Bertz CT molecular complexity index is 380. The van der Waals surface area contributed by atoms with Crippen molar-refractivity contribution >= 4 is 0 Å². The second-order valence-corrected chi connectivity index (χ2v) is 3.82. The molecule has 0 fully saturated rings. The van der Waals surface area contributed by atoms with Crippen molar-refractivity contribution in [2.75, 3.05) is 27.8 Å². The average Bonchev–Trinajstić information content (AvgIpc) is 2.36. The summed E-state index contributed by atoms with van der Waals surface area (Å²) in [6, 6.07) is 3.95. The Morgan fingerprint density at radius 2 is 1.75 bits per heavy atom. The molecule has 1 aromatic carbocycles. The van der Waals surface area contributed by atoms with Gasteiger partial charge in [0.15, 0.2) is 0 Å². The predicted molar refractivity (Wildman–Crippen MR) is 62.7 cm³/mol. The first-order chi connectivity index (χ1) is 7.80. The van der Waals surface area contributed by atoms with E-state index in [4.69, 9.17) is 9.47 Å². The summed E-state index contributed by atoms with van der Waals surface area (Å²) in [5.74, 6) is 1.90. The molecular formula is C12H18N2O2. The maximum absolute atomic E-state index is 5.39. The fourth-order valence-corrected chi connectivity index (χ4v) is 2.19. The Hall–Kier alpha value is -1.26. The van der Waals surface area contributed by atoms with Crippen LogP contribution in [0.25, 0.3) is 0 Å². The van der Waals surface area contributed by atoms with E-state index in [9.17, 15) is 0 Å². The third-order valence-electron chi connectivity index (χ3n) is 3.08. The van der Waals surface area contributed by atoms with Gasteiger partial charge in [0.2, 0.25) is 0 Å². The van der Waals surface area contributed by atoms with E-state index in [1.807, 2.05) is 19.2 Å². The van der Waals surface area contributed by atoms with Crippen LogP contribution in [-0.4, -0.2) is 32.8 Å². The Morgan fingerprint density at radius 1 is 1.12 bits per heavy atom. The lowest BCUT2D eigenvalue weighted by atomic mass is 9.98. The fraction of sp³-hybridized carbons (Fsp3) is 0.500. The molecule has 0 bridgehead atoms. The van der Waals surface area contributed by atoms with E-state index < -0.39 is 0 Å². The Balaban J connectivity index is 2.42. The number of nitrogens with one attached hydrogen (secondary N) is 1. The summed E-state index contributed by atoms with van der Waals surface area (Å²) in [5, 5.41) is 2.17. The molecule has 0 aromatic heterocycles. The fourth-order valence-electron chi connectivity index (χ4n) is 2.19. The van der Waals surface area contributed by atoms with Crippen LogP contribution in [0.1, 0.15) is 11.1 Å². The van der Waals surface area contributed by atoms with Gasteiger partial charge in [0.05, 0.1) is 14.2 Å². The zero-order valence-corrected chi connectivity index (χ0v) is 10.0. The Labute approximate surface area is 96.1 Å². The molecule has 1 aliphatic heterocycles. The Kier molecular flexibility index (Phi) is 3.31. The smallest absolute Gasteiger partial charge is 0.123 e. The second kappa shape index (κ2) is 4.72. The molecule has 4 heteroatoms. The number of benzene rings is 1. The standard InChI is InChI=1S/C12H18N2O2/c1-13-14-7-6-9-10(8-14)12(16-3)5-4-11(9)15-2/h4-5,13H,6-8H2,1-3H3. The molecule has 1 N–H and O–H groups in total. The van der Waals surface area contributed by atoms with Crippen LogP contribution in [0.4, 0.5) is 0 Å². The summed E-state index contributed by atoms with van der Waals surface area (Å²) in [6.07, 6.45) is 0.983. The molecule has 0 unspecified atom stereocenters. The van der Waals surface area contributed by atoms with Crippen LogP contribution in [-0.2, 0) is 13.0 Å². The SMILES string of the molecule is CNN1CCc2c(OC)ccc(OC)c2C1. The maximum atomic E-state index is 5.39. The molecule has 0 saturated carbocycles. The molecule has 0 aliphatic carbocycles. The molecule has 0 amide bonds. The highest BCUT2D eigenvalue weighted by atomic mass is 16.5. The number of nitrogens with zero attached hydrogens (tertiary/aromatic N) is 1. The molecule has 2 rings (SSSR count). The maximum Gasteiger partial charge on any atom is 0.123 e. The van der Waals surface area contributed by atoms with E-state index in [-0.39, 0.29) is 0 Å². The van der Waals surface area contributed by atoms with Gasteiger partial charge < -0.3 is 9.47 Å². The van der Waals surface area contributed by atoms with E-state index in [2.05, 4.69) is 10.4 Å². The van der Waals surface area contributed by atoms with E-state index in [1.54, 1.807) is 14.2 Å². The van der Waals surface area contributed by atoms with Crippen molar-refractivity contribution in [2.45, 2.75) is 13.0 Å². The number of fused-ring (bicyclic) bond motifs is 1. The molecule has 88 valence electrons. The molecule has 1 aliphatic rings. The van der Waals surface area contributed by atoms with Crippen molar-refractivity contribution in [1.29, 1.82) is 0 Å². The van der Waals surface area contributed by atoms with E-state index in [0.717, 1.165) is 31.0 Å². The van der Waals surface area contributed by atoms with Crippen LogP contribution in [0.5, 0.6) is 11.5 Å². The minimum absolute atomic E-state index is 0.853. The number of hydrogen-bond donors (Lipinski definition) is 1. The van der Waals surface area contributed by atoms with Crippen LogP contribution in [0, 0.1) is 0 Å². The van der Waals surface area contributed by atoms with Gasteiger partial charge in [-0.15, -0.1) is 0 Å². The van der Waals surface area contributed by atoms with Crippen LogP contribution < -0.4 is 14.9 Å². The minimum Gasteiger partial charge on any atom is -0.496 e. The zero-order valence-electron chi connectivity index (χ0n) is 10.0. The van der Waals surface area contributed by atoms with Crippen LogP contribution in [0.15, 0.2) is 12.1 Å². The summed E-state index contributed by atoms with van der Waals surface area (Å²) >= 11 is 0. The molecule has 16 heavy (non-hydrogen) atoms. The summed E-state index contributed by atoms with van der Waals surface area (Å²) in [5.41, 5.74) is 5.67. The topological polar surface area (TPSA) is 33.7 Å². The molecular weight excluding hydrogens is 204 g/mol. The molecule has 4 nitrogen and oxygen atoms in total. The first kappa shape index (κ1) is 11.2. The van der Waals surface area contributed by atoms with Gasteiger partial charge >= 0.3 is 0 Å². The third kappa shape index (κ3) is 1.86. The monoisotopic (exact) mass is 222 g/mol. The minimum atomic E-state index is 0.853. The second-order valence-electron chi connectivity index (χ2n) is 3.82. The highest BCUT2D eigenvalue weighted by Gasteiger charge is 2.21. The van der Waals surface area contributed by atoms with Gasteiger partial charge in [-0.2, -0.15) is 0 Å². The summed E-state index contributed by atoms with van der Waals surface area (Å²) in [6.45, 7) is 1.85. The normalized spacial score (nSPS) is 15.7. The summed E-state index contributed by atoms with van der Waals surface area (Å²) in [7, 11) is 5.37. The number of hydrazine groups is 1. The third-order valence-corrected chi connectivity index (χ3v) is 3.08. The lowest BCUT2D eigenvalue weighted by Gasteiger charge is -2.29. The van der Waals surface area contributed by atoms with Crippen LogP contribution in [0.3, 0.4) is 0 Å². The van der Waals surface area contributed by atoms with Gasteiger partial charge in [-0.25, -0.2) is 5.01 Å². The molecule has 1 heterocycles. The predicted octanol–water partition coefficient (Wildman–Crippen LogP) is 1.20. The molecule has 1 aromatic rings. The van der Waals surface area contributed by atoms with Crippen LogP contribution >= 0.6 is 0 Å². The van der Waals surface area contributed by atoms with Gasteiger partial charge in [0.1, 0.15) is 11.5 Å². The first-order valence-electron chi connectivity index (χ1n) is 5.45. The van der Waals surface area contributed by atoms with Crippen molar-refractivity contribution in [3.8, 4) is 11.5 Å². The van der Waals surface area contributed by atoms with Crippen molar-refractivity contribution in [3.63, 3.8) is 0 Å². The van der Waals surface area contributed by atoms with Gasteiger partial charge in [-0.3, -0.25) is 5.43 Å². The van der Waals surface area contributed by atoms with Gasteiger partial charge in [-0.1, -0.05) is 0 Å². The molecule has 0 atom stereocenters. The van der Waals surface area contributed by atoms with E-state index >= 15 is 0 Å². The van der Waals surface area contributed by atoms with Crippen molar-refractivity contribution in [2.24, 2.45) is 0 Å². The first-order valence-corrected chi connectivity index (χ1v) is 5.45. The average molecular weight is 222 g/mol. The lowest BCUT2D eigenvalue weighted by Crippen LogP contribution is -2.39. The highest BCUT2D eigenvalue weighted by molar-refractivity contribution is 5.49. The van der Waals surface area contributed by atoms with Crippen molar-refractivity contribution in [3.05, 3.63) is 23.3 Å². The van der Waals surface area contributed by atoms with E-state index in [1.165, 1.54) is 11.1 Å². The van der Waals surface area contributed by atoms with E-state index in [0.29, 0.717) is 0 Å². The molecule has 0 saturated heterocycles. The molecule has 0 radical (unpaired) electrons. The number of ether oxygens (including phenoxy) is 2. The van der Waals surface area contributed by atoms with Crippen LogP contribution in [0.2, 0.25) is 0 Å². The Morgan fingerprint density at radius 3 is 2.31 bits per heavy atom. The number of hydrogen-bond acceptors (Lipinski definition) is 4. The lowest BCUT2D eigenvalue weighted by molar-refractivity contribution is 0.184. The summed E-state index contributed by atoms with van der Waals surface area (Å²) < 4.78 is 10.8. The summed E-state index contributed by atoms with van der Waals surface area (Å²) in [4.78, 5) is 0. The van der Waals surface area contributed by atoms with Crippen molar-refractivity contribution < 1.29 is 9.47 Å². The largest absolute Gasteiger partial charge is 0.496 e. The van der Waals surface area contributed by atoms with Gasteiger partial charge in [0, 0.05) is 24.2 Å². The van der Waals surface area contributed by atoms with Gasteiger partial charge in [-0.05, 0) is 25.6 Å². The number of methoxy groups -OCH3 is 2. The van der Waals surface area contributed by atoms with Crippen molar-refractivity contribution in [1.82, 2.24) is 10.4 Å². The van der Waals surface area contributed by atoms with Gasteiger partial charge in [0.25, 0.3) is 0 Å². The molecule has 0 spiro atoms. The quantitative estimate of drug-likeness (QED) is 0.833. The zero-order chi connectivity index (χ0) is 11.5. The highest BCUT2D eigenvalue weighted by Crippen LogP contribution is 2.34. The number of rotatable bonds is 3.